The molecule has 0 saturated carbocycles. The number of methoxy groups -OCH3 is 2. The minimum atomic E-state index is -0.474. The summed E-state index contributed by atoms with van der Waals surface area (Å²) in [4.78, 5) is 12.2. The van der Waals surface area contributed by atoms with Gasteiger partial charge in [-0.3, -0.25) is 4.79 Å². The molecule has 0 heterocycles. The van der Waals surface area contributed by atoms with Gasteiger partial charge in [0.1, 0.15) is 5.75 Å². The first-order valence-electron chi connectivity index (χ1n) is 9.85. The van der Waals surface area contributed by atoms with Crippen molar-refractivity contribution in [3.63, 3.8) is 0 Å². The number of ether oxygens (including phenoxy) is 3. The number of halogens is 1. The number of aromatic hydroxyl groups is 1. The molecule has 8 heteroatoms. The first-order valence-corrected chi connectivity index (χ1v) is 10.2. The third-order valence-corrected chi connectivity index (χ3v) is 4.31. The zero-order valence-electron chi connectivity index (χ0n) is 18.8. The van der Waals surface area contributed by atoms with Gasteiger partial charge < -0.3 is 19.3 Å². The normalized spacial score (nSPS) is 10.9. The predicted molar refractivity (Wildman–Crippen MR) is 125 cm³/mol. The van der Waals surface area contributed by atoms with Gasteiger partial charge in [0, 0.05) is 23.0 Å². The molecule has 0 unspecified atom stereocenters. The molecule has 0 aliphatic heterocycles. The molecular formula is C24H27ClN2O5. The summed E-state index contributed by atoms with van der Waals surface area (Å²) in [6.45, 7) is 6.54. The smallest absolute Gasteiger partial charge is 0.271 e. The lowest BCUT2D eigenvalue weighted by molar-refractivity contribution is 0.0955. The second-order valence-electron chi connectivity index (χ2n) is 7.77. The highest BCUT2D eigenvalue weighted by atomic mass is 35.5. The largest absolute Gasteiger partial charge is 0.506 e. The SMILES string of the molecule is COc1cc(/C=N/NC(=O)c2ccc(O)c(Cl)c2)cc(OC)c1OCCC#CC(C)(C)C. The van der Waals surface area contributed by atoms with Crippen LogP contribution in [-0.4, -0.2) is 38.1 Å². The van der Waals surface area contributed by atoms with Gasteiger partial charge in [-0.15, -0.1) is 0 Å². The Morgan fingerprint density at radius 2 is 1.84 bits per heavy atom. The van der Waals surface area contributed by atoms with E-state index < -0.39 is 5.91 Å². The molecule has 0 radical (unpaired) electrons. The van der Waals surface area contributed by atoms with Crippen LogP contribution in [0.25, 0.3) is 0 Å². The summed E-state index contributed by atoms with van der Waals surface area (Å²) in [7, 11) is 3.05. The van der Waals surface area contributed by atoms with E-state index >= 15 is 0 Å². The zero-order valence-corrected chi connectivity index (χ0v) is 19.5. The highest BCUT2D eigenvalue weighted by Crippen LogP contribution is 2.38. The second-order valence-corrected chi connectivity index (χ2v) is 8.18. The van der Waals surface area contributed by atoms with Crippen LogP contribution in [0.2, 0.25) is 5.02 Å². The zero-order chi connectivity index (χ0) is 23.7. The minimum Gasteiger partial charge on any atom is -0.506 e. The van der Waals surface area contributed by atoms with Gasteiger partial charge in [-0.05, 0) is 51.1 Å². The van der Waals surface area contributed by atoms with Gasteiger partial charge in [0.25, 0.3) is 5.91 Å². The first-order chi connectivity index (χ1) is 15.1. The van der Waals surface area contributed by atoms with Gasteiger partial charge in [-0.1, -0.05) is 23.4 Å². The molecule has 0 saturated heterocycles. The van der Waals surface area contributed by atoms with Crippen molar-refractivity contribution in [1.29, 1.82) is 0 Å². The summed E-state index contributed by atoms with van der Waals surface area (Å²) in [6, 6.07) is 7.56. The number of benzene rings is 2. The molecule has 0 aliphatic carbocycles. The maximum absolute atomic E-state index is 12.2. The van der Waals surface area contributed by atoms with Crippen molar-refractivity contribution in [2.45, 2.75) is 27.2 Å². The minimum absolute atomic E-state index is 0.0552. The number of hydrazone groups is 1. The van der Waals surface area contributed by atoms with Gasteiger partial charge in [-0.25, -0.2) is 5.43 Å². The Bertz CT molecular complexity index is 1020. The van der Waals surface area contributed by atoms with E-state index in [0.717, 1.165) is 0 Å². The van der Waals surface area contributed by atoms with E-state index in [0.29, 0.717) is 35.8 Å². The Labute approximate surface area is 193 Å². The van der Waals surface area contributed by atoms with Gasteiger partial charge in [-0.2, -0.15) is 5.10 Å². The van der Waals surface area contributed by atoms with Crippen molar-refractivity contribution in [1.82, 2.24) is 5.43 Å². The van der Waals surface area contributed by atoms with Crippen LogP contribution in [0.15, 0.2) is 35.4 Å². The summed E-state index contributed by atoms with van der Waals surface area (Å²) in [6.07, 6.45) is 2.02. The lowest BCUT2D eigenvalue weighted by Gasteiger charge is -2.14. The third-order valence-electron chi connectivity index (χ3n) is 4.01. The standard InChI is InChI=1S/C24H27ClN2O5/c1-24(2,3)10-6-7-11-32-22-20(30-4)12-16(13-21(22)31-5)15-26-27-23(29)17-8-9-19(28)18(25)14-17/h8-9,12-15,28H,7,11H2,1-5H3,(H,27,29)/b26-15+. The topological polar surface area (TPSA) is 89.4 Å². The number of rotatable bonds is 8. The molecule has 0 fully saturated rings. The number of phenolic OH excluding ortho intramolecular Hbond substituents is 1. The molecule has 0 atom stereocenters. The van der Waals surface area contributed by atoms with E-state index in [1.165, 1.54) is 38.6 Å². The van der Waals surface area contributed by atoms with Crippen LogP contribution >= 0.6 is 11.6 Å². The molecule has 0 spiro atoms. The summed E-state index contributed by atoms with van der Waals surface area (Å²) in [5, 5.41) is 13.5. The van der Waals surface area contributed by atoms with Crippen LogP contribution in [0.5, 0.6) is 23.0 Å². The Morgan fingerprint density at radius 1 is 1.19 bits per heavy atom. The molecule has 0 bridgehead atoms. The maximum atomic E-state index is 12.2. The van der Waals surface area contributed by atoms with Crippen molar-refractivity contribution in [3.8, 4) is 34.8 Å². The molecule has 170 valence electrons. The quantitative estimate of drug-likeness (QED) is 0.260. The number of amides is 1. The monoisotopic (exact) mass is 458 g/mol. The number of phenols is 1. The summed E-state index contributed by atoms with van der Waals surface area (Å²) >= 11 is 5.83. The van der Waals surface area contributed by atoms with E-state index in [2.05, 4.69) is 43.1 Å². The fourth-order valence-corrected chi connectivity index (χ4v) is 2.71. The van der Waals surface area contributed by atoms with E-state index in [1.807, 2.05) is 0 Å². The molecule has 2 rings (SSSR count). The molecular weight excluding hydrogens is 432 g/mol. The Kier molecular flexibility index (Phi) is 8.80. The van der Waals surface area contributed by atoms with Crippen molar-refractivity contribution < 1.29 is 24.1 Å². The van der Waals surface area contributed by atoms with Crippen LogP contribution in [-0.2, 0) is 0 Å². The number of carbonyl (C=O) groups is 1. The lowest BCUT2D eigenvalue weighted by Crippen LogP contribution is -2.17. The van der Waals surface area contributed by atoms with Gasteiger partial charge in [0.05, 0.1) is 32.1 Å². The number of nitrogens with zero attached hydrogens (tertiary/aromatic N) is 1. The highest BCUT2D eigenvalue weighted by molar-refractivity contribution is 6.32. The summed E-state index contributed by atoms with van der Waals surface area (Å²) < 4.78 is 16.7. The number of hydrogen-bond acceptors (Lipinski definition) is 6. The predicted octanol–water partition coefficient (Wildman–Crippen LogP) is 4.65. The molecule has 32 heavy (non-hydrogen) atoms. The van der Waals surface area contributed by atoms with Crippen LogP contribution in [0.3, 0.4) is 0 Å². The second kappa shape index (κ2) is 11.3. The molecule has 0 aliphatic rings. The van der Waals surface area contributed by atoms with Crippen LogP contribution < -0.4 is 19.6 Å². The van der Waals surface area contributed by atoms with Crippen molar-refractivity contribution >= 4 is 23.7 Å². The number of carbonyl (C=O) groups excluding carboxylic acids is 1. The number of hydrogen-bond donors (Lipinski definition) is 2. The molecule has 1 amide bonds. The average Bonchev–Trinajstić information content (AvgIpc) is 2.74. The van der Waals surface area contributed by atoms with E-state index in [1.54, 1.807) is 12.1 Å². The van der Waals surface area contributed by atoms with Crippen molar-refractivity contribution in [2.75, 3.05) is 20.8 Å². The lowest BCUT2D eigenvalue weighted by atomic mass is 9.98. The van der Waals surface area contributed by atoms with Crippen LogP contribution in [0.1, 0.15) is 43.1 Å². The first kappa shape index (κ1) is 24.9. The maximum Gasteiger partial charge on any atom is 0.271 e. The molecule has 2 aromatic carbocycles. The average molecular weight is 459 g/mol. The molecule has 0 aromatic heterocycles. The van der Waals surface area contributed by atoms with Gasteiger partial charge in [0.2, 0.25) is 5.75 Å². The Hall–Kier alpha value is -3.37. The van der Waals surface area contributed by atoms with E-state index in [9.17, 15) is 9.90 Å². The number of nitrogens with one attached hydrogen (secondary N) is 1. The van der Waals surface area contributed by atoms with E-state index in [-0.39, 0.29) is 21.8 Å². The highest BCUT2D eigenvalue weighted by Gasteiger charge is 2.14. The Morgan fingerprint density at radius 3 is 2.41 bits per heavy atom. The Balaban J connectivity index is 2.09. The van der Waals surface area contributed by atoms with Gasteiger partial charge in [0.15, 0.2) is 11.5 Å². The van der Waals surface area contributed by atoms with Crippen molar-refractivity contribution in [2.24, 2.45) is 10.5 Å². The summed E-state index contributed by atoms with van der Waals surface area (Å²) in [5.74, 6) is 7.08. The van der Waals surface area contributed by atoms with Crippen molar-refractivity contribution in [3.05, 3.63) is 46.5 Å². The van der Waals surface area contributed by atoms with Crippen LogP contribution in [0.4, 0.5) is 0 Å². The third kappa shape index (κ3) is 7.40. The molecule has 7 nitrogen and oxygen atoms in total. The molecule has 2 N–H and O–H groups in total. The van der Waals surface area contributed by atoms with Gasteiger partial charge >= 0.3 is 0 Å². The summed E-state index contributed by atoms with van der Waals surface area (Å²) in [5.41, 5.74) is 3.24. The fourth-order valence-electron chi connectivity index (χ4n) is 2.53. The molecule has 2 aromatic rings. The van der Waals surface area contributed by atoms with E-state index in [4.69, 9.17) is 25.8 Å². The van der Waals surface area contributed by atoms with Crippen LogP contribution in [0, 0.1) is 17.3 Å². The fraction of sp³-hybridized carbons (Fsp3) is 0.333.